The number of allylic oxidation sites excluding steroid dienone is 1. The van der Waals surface area contributed by atoms with Gasteiger partial charge in [0.25, 0.3) is 5.92 Å². The number of hydrogen-bond acceptors (Lipinski definition) is 4. The fraction of sp³-hybridized carbons (Fsp3) is 0.417. The summed E-state index contributed by atoms with van der Waals surface area (Å²) in [5.74, 6) is -1.36. The number of likely N-dealkylation sites (tertiary alicyclic amines) is 1. The lowest BCUT2D eigenvalue weighted by Crippen LogP contribution is -2.47. The van der Waals surface area contributed by atoms with Crippen molar-refractivity contribution in [3.8, 4) is 11.3 Å². The van der Waals surface area contributed by atoms with Crippen molar-refractivity contribution in [2.75, 3.05) is 25.0 Å². The molecule has 5 nitrogen and oxygen atoms in total. The number of anilines is 1. The normalized spacial score (nSPS) is 16.9. The van der Waals surface area contributed by atoms with Crippen LogP contribution >= 0.6 is 0 Å². The average Bonchev–Trinajstić information content (AvgIpc) is 3.07. The Kier molecular flexibility index (Phi) is 5.75. The Labute approximate surface area is 186 Å². The number of benzene rings is 1. The first-order valence-corrected chi connectivity index (χ1v) is 10.7. The van der Waals surface area contributed by atoms with Crippen molar-refractivity contribution < 1.29 is 13.2 Å². The molecule has 1 fully saturated rings. The van der Waals surface area contributed by atoms with E-state index < -0.39 is 11.6 Å². The Morgan fingerprint density at radius 1 is 1.16 bits per heavy atom. The number of rotatable bonds is 6. The molecule has 0 unspecified atom stereocenters. The van der Waals surface area contributed by atoms with Crippen molar-refractivity contribution >= 4 is 16.6 Å². The van der Waals surface area contributed by atoms with Gasteiger partial charge in [-0.3, -0.25) is 4.90 Å². The summed E-state index contributed by atoms with van der Waals surface area (Å²) in [7, 11) is 1.97. The number of piperidine rings is 1. The minimum absolute atomic E-state index is 0.118. The van der Waals surface area contributed by atoms with Crippen LogP contribution in [0.2, 0.25) is 0 Å². The smallest absolute Gasteiger partial charge is 0.257 e. The molecule has 1 saturated heterocycles. The first-order chi connectivity index (χ1) is 15.0. The van der Waals surface area contributed by atoms with Crippen LogP contribution in [0, 0.1) is 6.92 Å². The van der Waals surface area contributed by atoms with Crippen LogP contribution in [0.3, 0.4) is 0 Å². The van der Waals surface area contributed by atoms with E-state index in [4.69, 9.17) is 0 Å². The zero-order valence-electron chi connectivity index (χ0n) is 18.6. The number of halogens is 3. The van der Waals surface area contributed by atoms with Crippen molar-refractivity contribution in [1.82, 2.24) is 19.4 Å². The molecular formula is C24H28F3N5. The fourth-order valence-electron chi connectivity index (χ4n) is 4.17. The molecule has 1 N–H and O–H groups in total. The highest BCUT2D eigenvalue weighted by atomic mass is 19.3. The van der Waals surface area contributed by atoms with Crippen LogP contribution in [0.4, 0.5) is 19.0 Å². The fourth-order valence-corrected chi connectivity index (χ4v) is 4.17. The van der Waals surface area contributed by atoms with Crippen LogP contribution in [0.5, 0.6) is 0 Å². The van der Waals surface area contributed by atoms with Crippen LogP contribution in [-0.2, 0) is 7.05 Å². The lowest BCUT2D eigenvalue weighted by atomic mass is 9.90. The van der Waals surface area contributed by atoms with Crippen molar-refractivity contribution in [1.29, 1.82) is 0 Å². The van der Waals surface area contributed by atoms with E-state index in [2.05, 4.69) is 27.9 Å². The Bertz CT molecular complexity index is 1140. The third-order valence-corrected chi connectivity index (χ3v) is 6.21. The Morgan fingerprint density at radius 3 is 2.50 bits per heavy atom. The van der Waals surface area contributed by atoms with Gasteiger partial charge in [0.05, 0.1) is 18.4 Å². The Morgan fingerprint density at radius 2 is 1.88 bits per heavy atom. The Balaban J connectivity index is 1.49. The molecule has 0 spiro atoms. The summed E-state index contributed by atoms with van der Waals surface area (Å²) >= 11 is 0. The van der Waals surface area contributed by atoms with Gasteiger partial charge < -0.3 is 9.88 Å². The summed E-state index contributed by atoms with van der Waals surface area (Å²) in [5.41, 5.74) is 0.584. The molecule has 0 bridgehead atoms. The quantitative estimate of drug-likeness (QED) is 0.560. The third kappa shape index (κ3) is 4.65. The van der Waals surface area contributed by atoms with E-state index in [9.17, 15) is 8.78 Å². The summed E-state index contributed by atoms with van der Waals surface area (Å²) in [6.45, 7) is 6.91. The van der Waals surface area contributed by atoms with Crippen LogP contribution in [0.25, 0.3) is 22.0 Å². The molecule has 170 valence electrons. The summed E-state index contributed by atoms with van der Waals surface area (Å²) < 4.78 is 44.0. The lowest BCUT2D eigenvalue weighted by molar-refractivity contribution is -0.0308. The molecule has 1 aromatic carbocycles. The van der Waals surface area contributed by atoms with Crippen LogP contribution in [-0.4, -0.2) is 50.7 Å². The van der Waals surface area contributed by atoms with Gasteiger partial charge in [-0.05, 0) is 37.3 Å². The number of nitrogens with one attached hydrogen (secondary N) is 1. The largest absolute Gasteiger partial charge is 0.341 e. The highest BCUT2D eigenvalue weighted by Gasteiger charge is 2.39. The summed E-state index contributed by atoms with van der Waals surface area (Å²) in [4.78, 5) is 10.3. The van der Waals surface area contributed by atoms with E-state index in [1.165, 1.54) is 0 Å². The van der Waals surface area contributed by atoms with E-state index in [0.29, 0.717) is 5.82 Å². The number of pyridine rings is 1. The van der Waals surface area contributed by atoms with Crippen LogP contribution in [0.1, 0.15) is 25.6 Å². The second kappa shape index (κ2) is 8.24. The van der Waals surface area contributed by atoms with Crippen molar-refractivity contribution in [3.63, 3.8) is 0 Å². The topological polar surface area (TPSA) is 46.0 Å². The molecule has 2 aromatic heterocycles. The summed E-state index contributed by atoms with van der Waals surface area (Å²) in [6.07, 6.45) is 3.81. The molecule has 0 aliphatic carbocycles. The number of imidazole rings is 1. The summed E-state index contributed by atoms with van der Waals surface area (Å²) in [5, 5.41) is 4.94. The van der Waals surface area contributed by atoms with E-state index in [1.807, 2.05) is 42.9 Å². The zero-order valence-corrected chi connectivity index (χ0v) is 18.6. The number of alkyl halides is 3. The molecule has 3 aromatic rings. The molecule has 4 rings (SSSR count). The minimum atomic E-state index is -2.78. The number of hydrogen-bond donors (Lipinski definition) is 1. The van der Waals surface area contributed by atoms with E-state index in [1.54, 1.807) is 11.1 Å². The molecule has 0 radical (unpaired) electrons. The van der Waals surface area contributed by atoms with Gasteiger partial charge in [-0.2, -0.15) is 0 Å². The molecule has 8 heteroatoms. The lowest BCUT2D eigenvalue weighted by Gasteiger charge is -2.38. The van der Waals surface area contributed by atoms with Gasteiger partial charge in [0.1, 0.15) is 11.6 Å². The Hall–Kier alpha value is -2.87. The van der Waals surface area contributed by atoms with Crippen LogP contribution in [0.15, 0.2) is 48.9 Å². The van der Waals surface area contributed by atoms with E-state index >= 15 is 4.39 Å². The highest BCUT2D eigenvalue weighted by Crippen LogP contribution is 2.34. The van der Waals surface area contributed by atoms with Crippen molar-refractivity contribution in [3.05, 3.63) is 54.8 Å². The first kappa shape index (κ1) is 22.3. The van der Waals surface area contributed by atoms with Gasteiger partial charge in [-0.1, -0.05) is 18.7 Å². The molecule has 0 atom stereocenters. The standard InChI is InChI=1S/C24H28F3N5/c1-16(24(27)7-9-32(10-8-24)15-23(3,25)26)30-22-12-20-11-18(5-6-19(20)13-29-22)21-14-28-17(2)31(21)4/h5-6,11-14H,1,7-10,15H2,2-4H3,(H,29,30). The van der Waals surface area contributed by atoms with Gasteiger partial charge in [-0.15, -0.1) is 0 Å². The monoisotopic (exact) mass is 443 g/mol. The van der Waals surface area contributed by atoms with Crippen molar-refractivity contribution in [2.45, 2.75) is 38.3 Å². The predicted molar refractivity (Wildman–Crippen MR) is 122 cm³/mol. The molecule has 1 aliphatic heterocycles. The van der Waals surface area contributed by atoms with Crippen molar-refractivity contribution in [2.24, 2.45) is 7.05 Å². The molecule has 32 heavy (non-hydrogen) atoms. The maximum absolute atomic E-state index is 15.5. The number of nitrogens with zero attached hydrogens (tertiary/aromatic N) is 4. The molecule has 3 heterocycles. The SMILES string of the molecule is C=C(Nc1cc2cc(-c3cnc(C)n3C)ccc2cn1)C1(F)CCN(CC(C)(F)F)CC1. The second-order valence-electron chi connectivity index (χ2n) is 8.80. The highest BCUT2D eigenvalue weighted by molar-refractivity contribution is 5.88. The third-order valence-electron chi connectivity index (χ3n) is 6.21. The minimum Gasteiger partial charge on any atom is -0.341 e. The zero-order chi connectivity index (χ0) is 23.1. The van der Waals surface area contributed by atoms with Gasteiger partial charge in [0.2, 0.25) is 0 Å². The average molecular weight is 444 g/mol. The first-order valence-electron chi connectivity index (χ1n) is 10.7. The van der Waals surface area contributed by atoms with Gasteiger partial charge in [0, 0.05) is 49.9 Å². The second-order valence-corrected chi connectivity index (χ2v) is 8.80. The van der Waals surface area contributed by atoms with Gasteiger partial charge in [-0.25, -0.2) is 23.1 Å². The maximum Gasteiger partial charge on any atom is 0.257 e. The predicted octanol–water partition coefficient (Wildman–Crippen LogP) is 5.33. The van der Waals surface area contributed by atoms with Gasteiger partial charge >= 0.3 is 0 Å². The van der Waals surface area contributed by atoms with E-state index in [-0.39, 0.29) is 38.2 Å². The molecule has 1 aliphatic rings. The maximum atomic E-state index is 15.5. The van der Waals surface area contributed by atoms with Gasteiger partial charge in [0.15, 0.2) is 5.67 Å². The van der Waals surface area contributed by atoms with E-state index in [0.717, 1.165) is 34.8 Å². The number of fused-ring (bicyclic) bond motifs is 1. The molecule has 0 saturated carbocycles. The number of aryl methyl sites for hydroxylation is 1. The van der Waals surface area contributed by atoms with Crippen LogP contribution < -0.4 is 5.32 Å². The molecule has 0 amide bonds. The summed E-state index contributed by atoms with van der Waals surface area (Å²) in [6, 6.07) is 7.94. The number of aromatic nitrogens is 3. The molecular weight excluding hydrogens is 415 g/mol.